The number of fused-ring (bicyclic) bond motifs is 1. The highest BCUT2D eigenvalue weighted by atomic mass is 16.5. The number of ether oxygens (including phenoxy) is 1. The third-order valence-corrected chi connectivity index (χ3v) is 3.93. The van der Waals surface area contributed by atoms with Crippen molar-refractivity contribution < 1.29 is 4.74 Å². The summed E-state index contributed by atoms with van der Waals surface area (Å²) in [6, 6.07) is 6.12. The van der Waals surface area contributed by atoms with E-state index < -0.39 is 0 Å². The van der Waals surface area contributed by atoms with Crippen molar-refractivity contribution in [1.29, 1.82) is 0 Å². The van der Waals surface area contributed by atoms with Gasteiger partial charge in [-0.1, -0.05) is 0 Å². The van der Waals surface area contributed by atoms with Gasteiger partial charge < -0.3 is 14.6 Å². The van der Waals surface area contributed by atoms with Crippen LogP contribution in [0.15, 0.2) is 18.2 Å². The van der Waals surface area contributed by atoms with E-state index in [0.29, 0.717) is 0 Å². The van der Waals surface area contributed by atoms with E-state index in [1.54, 1.807) is 7.11 Å². The van der Waals surface area contributed by atoms with Crippen LogP contribution in [0.25, 0.3) is 11.0 Å². The van der Waals surface area contributed by atoms with Gasteiger partial charge in [0.1, 0.15) is 11.6 Å². The number of hydrogen-bond donors (Lipinski definition) is 1. The summed E-state index contributed by atoms with van der Waals surface area (Å²) in [6.45, 7) is 8.37. The molecule has 0 radical (unpaired) electrons. The molecule has 1 aliphatic rings. The van der Waals surface area contributed by atoms with E-state index in [-0.39, 0.29) is 0 Å². The summed E-state index contributed by atoms with van der Waals surface area (Å²) in [4.78, 5) is 7.27. The molecule has 1 N–H and O–H groups in total. The molecule has 0 amide bonds. The molecule has 0 spiro atoms. The van der Waals surface area contributed by atoms with Gasteiger partial charge in [0.2, 0.25) is 0 Å². The van der Waals surface area contributed by atoms with Gasteiger partial charge in [0.05, 0.1) is 24.7 Å². The van der Waals surface area contributed by atoms with E-state index in [4.69, 9.17) is 9.72 Å². The smallest absolute Gasteiger partial charge is 0.124 e. The summed E-state index contributed by atoms with van der Waals surface area (Å²) in [7, 11) is 1.69. The lowest BCUT2D eigenvalue weighted by Crippen LogP contribution is -2.43. The first-order valence-corrected chi connectivity index (χ1v) is 7.28. The molecule has 2 heterocycles. The average molecular weight is 274 g/mol. The molecule has 1 fully saturated rings. The summed E-state index contributed by atoms with van der Waals surface area (Å²) in [5, 5.41) is 3.39. The van der Waals surface area contributed by atoms with Crippen LogP contribution in [-0.2, 0) is 13.1 Å². The minimum Gasteiger partial charge on any atom is -0.497 e. The molecule has 108 valence electrons. The highest BCUT2D eigenvalue weighted by Gasteiger charge is 2.15. The van der Waals surface area contributed by atoms with Crippen molar-refractivity contribution in [3.05, 3.63) is 24.0 Å². The van der Waals surface area contributed by atoms with Gasteiger partial charge in [0, 0.05) is 38.8 Å². The topological polar surface area (TPSA) is 42.3 Å². The van der Waals surface area contributed by atoms with Gasteiger partial charge in [-0.3, -0.25) is 4.90 Å². The van der Waals surface area contributed by atoms with Crippen molar-refractivity contribution in [2.75, 3.05) is 33.3 Å². The van der Waals surface area contributed by atoms with E-state index in [1.165, 1.54) is 5.52 Å². The molecule has 20 heavy (non-hydrogen) atoms. The second-order valence-corrected chi connectivity index (χ2v) is 5.15. The Morgan fingerprint density at radius 1 is 1.30 bits per heavy atom. The second kappa shape index (κ2) is 5.81. The fraction of sp³-hybridized carbons (Fsp3) is 0.533. The summed E-state index contributed by atoms with van der Waals surface area (Å²) < 4.78 is 7.59. The standard InChI is InChI=1S/C15H22N4O/c1-3-19-14-5-4-12(20-2)10-13(14)17-15(19)11-18-8-6-16-7-9-18/h4-5,10,16H,3,6-9,11H2,1-2H3. The van der Waals surface area contributed by atoms with Crippen LogP contribution >= 0.6 is 0 Å². The Balaban J connectivity index is 1.92. The predicted molar refractivity (Wildman–Crippen MR) is 80.1 cm³/mol. The summed E-state index contributed by atoms with van der Waals surface area (Å²) in [6.07, 6.45) is 0. The number of benzene rings is 1. The van der Waals surface area contributed by atoms with Crippen LogP contribution in [0.4, 0.5) is 0 Å². The molecule has 5 heteroatoms. The van der Waals surface area contributed by atoms with Crippen molar-refractivity contribution in [3.8, 4) is 5.75 Å². The number of imidazole rings is 1. The third-order valence-electron chi connectivity index (χ3n) is 3.93. The molecule has 1 aromatic heterocycles. The maximum absolute atomic E-state index is 5.29. The molecule has 1 saturated heterocycles. The first kappa shape index (κ1) is 13.4. The Morgan fingerprint density at radius 2 is 2.10 bits per heavy atom. The van der Waals surface area contributed by atoms with Gasteiger partial charge in [0.15, 0.2) is 0 Å². The molecule has 3 rings (SSSR count). The van der Waals surface area contributed by atoms with Gasteiger partial charge in [-0.2, -0.15) is 0 Å². The van der Waals surface area contributed by atoms with Crippen molar-refractivity contribution in [1.82, 2.24) is 19.8 Å². The van der Waals surface area contributed by atoms with E-state index >= 15 is 0 Å². The van der Waals surface area contributed by atoms with Crippen LogP contribution in [0, 0.1) is 0 Å². The van der Waals surface area contributed by atoms with Crippen LogP contribution in [0.1, 0.15) is 12.7 Å². The van der Waals surface area contributed by atoms with Crippen LogP contribution in [0.5, 0.6) is 5.75 Å². The lowest BCUT2D eigenvalue weighted by atomic mass is 10.3. The number of hydrogen-bond acceptors (Lipinski definition) is 4. The number of methoxy groups -OCH3 is 1. The predicted octanol–water partition coefficient (Wildman–Crippen LogP) is 1.47. The zero-order valence-electron chi connectivity index (χ0n) is 12.2. The third kappa shape index (κ3) is 2.51. The minimum absolute atomic E-state index is 0.868. The Kier molecular flexibility index (Phi) is 3.89. The second-order valence-electron chi connectivity index (χ2n) is 5.15. The van der Waals surface area contributed by atoms with E-state index in [2.05, 4.69) is 27.8 Å². The Morgan fingerprint density at radius 3 is 2.80 bits per heavy atom. The Hall–Kier alpha value is -1.59. The van der Waals surface area contributed by atoms with Gasteiger partial charge >= 0.3 is 0 Å². The van der Waals surface area contributed by atoms with E-state index in [1.807, 2.05) is 12.1 Å². The molecule has 0 bridgehead atoms. The number of rotatable bonds is 4. The van der Waals surface area contributed by atoms with Crippen LogP contribution in [0.3, 0.4) is 0 Å². The molecule has 5 nitrogen and oxygen atoms in total. The van der Waals surface area contributed by atoms with E-state index in [9.17, 15) is 0 Å². The fourth-order valence-electron chi connectivity index (χ4n) is 2.83. The summed E-state index contributed by atoms with van der Waals surface area (Å²) in [5.41, 5.74) is 2.22. The molecule has 0 unspecified atom stereocenters. The lowest BCUT2D eigenvalue weighted by molar-refractivity contribution is 0.225. The number of nitrogens with zero attached hydrogens (tertiary/aromatic N) is 3. The molecular weight excluding hydrogens is 252 g/mol. The normalized spacial score (nSPS) is 16.7. The number of nitrogens with one attached hydrogen (secondary N) is 1. The highest BCUT2D eigenvalue weighted by Crippen LogP contribution is 2.22. The van der Waals surface area contributed by atoms with Crippen molar-refractivity contribution in [2.24, 2.45) is 0 Å². The van der Waals surface area contributed by atoms with Gasteiger partial charge in [-0.05, 0) is 19.1 Å². The molecule has 0 saturated carbocycles. The maximum atomic E-state index is 5.29. The van der Waals surface area contributed by atoms with Gasteiger partial charge in [-0.15, -0.1) is 0 Å². The number of aryl methyl sites for hydroxylation is 1. The zero-order valence-corrected chi connectivity index (χ0v) is 12.2. The van der Waals surface area contributed by atoms with Crippen LogP contribution in [0.2, 0.25) is 0 Å². The minimum atomic E-state index is 0.868. The SMILES string of the molecule is CCn1c(CN2CCNCC2)nc2cc(OC)ccc21. The van der Waals surface area contributed by atoms with Crippen molar-refractivity contribution in [3.63, 3.8) is 0 Å². The first-order chi connectivity index (χ1) is 9.81. The number of piperazine rings is 1. The lowest BCUT2D eigenvalue weighted by Gasteiger charge is -2.26. The molecular formula is C15H22N4O. The first-order valence-electron chi connectivity index (χ1n) is 7.28. The number of aromatic nitrogens is 2. The van der Waals surface area contributed by atoms with Gasteiger partial charge in [-0.25, -0.2) is 4.98 Å². The molecule has 1 aliphatic heterocycles. The zero-order chi connectivity index (χ0) is 13.9. The van der Waals surface area contributed by atoms with Crippen LogP contribution < -0.4 is 10.1 Å². The summed E-state index contributed by atoms with van der Waals surface area (Å²) >= 11 is 0. The Labute approximate surface area is 119 Å². The van der Waals surface area contributed by atoms with Crippen molar-refractivity contribution >= 4 is 11.0 Å². The van der Waals surface area contributed by atoms with Crippen molar-refractivity contribution in [2.45, 2.75) is 20.0 Å². The van der Waals surface area contributed by atoms with Gasteiger partial charge in [0.25, 0.3) is 0 Å². The molecule has 2 aromatic rings. The fourth-order valence-corrected chi connectivity index (χ4v) is 2.83. The molecule has 0 atom stereocenters. The molecule has 1 aromatic carbocycles. The van der Waals surface area contributed by atoms with E-state index in [0.717, 1.165) is 56.4 Å². The molecule has 0 aliphatic carbocycles. The maximum Gasteiger partial charge on any atom is 0.124 e. The highest BCUT2D eigenvalue weighted by molar-refractivity contribution is 5.77. The quantitative estimate of drug-likeness (QED) is 0.917. The Bertz CT molecular complexity index is 587. The summed E-state index contributed by atoms with van der Waals surface area (Å²) in [5.74, 6) is 2.02. The largest absolute Gasteiger partial charge is 0.497 e. The monoisotopic (exact) mass is 274 g/mol. The van der Waals surface area contributed by atoms with Crippen LogP contribution in [-0.4, -0.2) is 47.7 Å². The average Bonchev–Trinajstić information content (AvgIpc) is 2.84.